The van der Waals surface area contributed by atoms with E-state index in [0.29, 0.717) is 77.4 Å². The van der Waals surface area contributed by atoms with Gasteiger partial charge in [-0.1, -0.05) is 131 Å². The number of hydrogen-bond donors (Lipinski definition) is 0. The first-order valence-corrected chi connectivity index (χ1v) is 38.0. The van der Waals surface area contributed by atoms with Crippen molar-refractivity contribution in [2.24, 2.45) is 11.8 Å². The number of unbranched alkanes of at least 4 members (excludes halogenated alkanes) is 8. The Balaban J connectivity index is 0.985. The Morgan fingerprint density at radius 2 is 0.790 bits per heavy atom. The molecule has 19 heteroatoms. The van der Waals surface area contributed by atoms with Crippen molar-refractivity contribution in [3.8, 4) is 71.3 Å². The highest BCUT2D eigenvalue weighted by Crippen LogP contribution is 2.52. The molecule has 0 aliphatic carbocycles. The fraction of sp³-hybridized carbons (Fsp3) is 0.452. The molecule has 1 aliphatic heterocycles. The van der Waals surface area contributed by atoms with Gasteiger partial charge in [0.15, 0.2) is 0 Å². The highest BCUT2D eigenvalue weighted by Gasteiger charge is 2.50. The maximum Gasteiger partial charge on any atom is 0.142 e. The first kappa shape index (κ1) is 58.8. The summed E-state index contributed by atoms with van der Waals surface area (Å²) in [5.74, 6) is -0.0470. The van der Waals surface area contributed by atoms with Crippen molar-refractivity contribution in [3.05, 3.63) is 81.8 Å². The molecular weight excluding hydrogens is 1190 g/mol. The molecule has 10 aromatic rings. The van der Waals surface area contributed by atoms with Crippen molar-refractivity contribution in [2.75, 3.05) is 0 Å². The Morgan fingerprint density at radius 1 is 0.407 bits per heavy atom. The third kappa shape index (κ3) is 11.8. The van der Waals surface area contributed by atoms with Crippen LogP contribution >= 0.6 is 91.5 Å². The number of hydrogen-bond acceptors (Lipinski definition) is 14. The lowest BCUT2D eigenvalue weighted by Gasteiger charge is -2.35. The molecule has 0 fully saturated rings. The molecule has 1 aliphatic rings. The summed E-state index contributed by atoms with van der Waals surface area (Å²) < 4.78 is 82.3. The van der Waals surface area contributed by atoms with Gasteiger partial charge in [0.25, 0.3) is 0 Å². The zero-order chi connectivity index (χ0) is 56.4. The van der Waals surface area contributed by atoms with Crippen molar-refractivity contribution in [1.82, 2.24) is 27.5 Å². The minimum Gasteiger partial charge on any atom is -0.252 e. The third-order valence-corrected chi connectivity index (χ3v) is 30.8. The van der Waals surface area contributed by atoms with Gasteiger partial charge in [0.2, 0.25) is 0 Å². The van der Waals surface area contributed by atoms with Gasteiger partial charge in [-0.05, 0) is 96.4 Å². The average molecular weight is 1260 g/mol. The van der Waals surface area contributed by atoms with Crippen LogP contribution in [0.4, 0.5) is 17.6 Å². The van der Waals surface area contributed by atoms with Gasteiger partial charge in [-0.25, -0.2) is 17.6 Å². The summed E-state index contributed by atoms with van der Waals surface area (Å²) >= 11 is 11.3. The number of nitrogens with zero attached hydrogens (tertiary/aromatic N) is 6. The predicted octanol–water partition coefficient (Wildman–Crippen LogP) is 21.6. The standard InChI is InChI=1S/C62H68F4N6S8Si/c1-7-13-17-19-23-43-39(63)25-45(73-43)47-27-41(65)59(75-47)37-31-67-55(57-53(37)69-79-71-57)49-29-51-61(77-49)62-52(81(51,33-35(11-5)21-15-9-3)34-36(12-6)22-16-10-4)30-50(78-62)56-58-54(70-80-72-58)38(32-68-56)60-42(66)28-48(76-60)46-26-40(64)44(74-46)24-20-18-14-8-2/h25-32,35-36H,7-24,33-34H2,1-6H3. The lowest BCUT2D eigenvalue weighted by Crippen LogP contribution is -2.56. The van der Waals surface area contributed by atoms with E-state index in [2.05, 4.69) is 53.7 Å². The molecule has 0 bridgehead atoms. The number of rotatable bonds is 28. The van der Waals surface area contributed by atoms with Gasteiger partial charge in [0, 0.05) is 62.5 Å². The van der Waals surface area contributed by atoms with E-state index in [0.717, 1.165) is 153 Å². The fourth-order valence-corrected chi connectivity index (χ4v) is 27.9. The lowest BCUT2D eigenvalue weighted by molar-refractivity contribution is 0.469. The lowest BCUT2D eigenvalue weighted by atomic mass is 10.0. The second kappa shape index (κ2) is 26.1. The molecule has 10 aromatic heterocycles. The number of aromatic nitrogens is 6. The van der Waals surface area contributed by atoms with E-state index in [4.69, 9.17) is 27.5 Å². The molecule has 0 saturated heterocycles. The second-order valence-corrected chi connectivity index (χ2v) is 33.6. The molecule has 11 heterocycles. The van der Waals surface area contributed by atoms with Crippen LogP contribution in [-0.2, 0) is 12.8 Å². The summed E-state index contributed by atoms with van der Waals surface area (Å²) in [4.78, 5) is 20.2. The van der Waals surface area contributed by atoms with Crippen molar-refractivity contribution in [3.63, 3.8) is 0 Å². The molecule has 6 nitrogen and oxygen atoms in total. The number of aryl methyl sites for hydroxylation is 2. The largest absolute Gasteiger partial charge is 0.252 e. The number of pyridine rings is 2. The number of halogens is 4. The Kier molecular flexibility index (Phi) is 19.0. The minimum atomic E-state index is -2.55. The third-order valence-electron chi connectivity index (χ3n) is 16.5. The van der Waals surface area contributed by atoms with Gasteiger partial charge in [0.05, 0.1) is 43.0 Å². The van der Waals surface area contributed by atoms with Gasteiger partial charge in [0.1, 0.15) is 64.8 Å². The van der Waals surface area contributed by atoms with E-state index >= 15 is 17.6 Å². The topological polar surface area (TPSA) is 77.3 Å². The first-order valence-electron chi connectivity index (χ1n) is 29.2. The summed E-state index contributed by atoms with van der Waals surface area (Å²) in [5, 5.41) is 2.98. The fourth-order valence-electron chi connectivity index (χ4n) is 12.0. The minimum absolute atomic E-state index is 0.213. The molecule has 0 spiro atoms. The first-order chi connectivity index (χ1) is 39.5. The number of thiophene rings is 6. The molecule has 2 atom stereocenters. The molecular formula is C62H68F4N6S8Si. The van der Waals surface area contributed by atoms with Crippen LogP contribution in [0.2, 0.25) is 12.1 Å². The molecule has 0 N–H and O–H groups in total. The molecule has 0 amide bonds. The highest BCUT2D eigenvalue weighted by atomic mass is 32.1. The summed E-state index contributed by atoms with van der Waals surface area (Å²) in [5.41, 5.74) is 5.27. The predicted molar refractivity (Wildman–Crippen MR) is 346 cm³/mol. The smallest absolute Gasteiger partial charge is 0.142 e. The summed E-state index contributed by atoms with van der Waals surface area (Å²) in [6, 6.07) is 13.4. The maximum absolute atomic E-state index is 16.2. The van der Waals surface area contributed by atoms with Crippen LogP contribution in [-0.4, -0.2) is 35.5 Å². The van der Waals surface area contributed by atoms with Crippen LogP contribution in [0, 0.1) is 35.1 Å². The molecule has 2 unspecified atom stereocenters. The van der Waals surface area contributed by atoms with E-state index in [1.54, 1.807) is 47.2 Å². The highest BCUT2D eigenvalue weighted by molar-refractivity contribution is 7.32. The van der Waals surface area contributed by atoms with Crippen molar-refractivity contribution < 1.29 is 17.6 Å². The molecule has 0 radical (unpaired) electrons. The van der Waals surface area contributed by atoms with Crippen molar-refractivity contribution in [2.45, 2.75) is 169 Å². The SMILES string of the molecule is CCCCCCc1sc(-c2cc(F)c(-c3cnc(-c4cc5c(s4)-c4sc(-c6ncc(-c7sc(-c8cc(F)c(CCCCCC)s8)cc7F)c7nsnc67)cc4[Si]5(CC(CC)CCCC)CC(CC)CCCC)c4nsnc34)s2)cc1F. The Labute approximate surface area is 506 Å². The zero-order valence-electron chi connectivity index (χ0n) is 46.9. The van der Waals surface area contributed by atoms with E-state index < -0.39 is 8.07 Å². The van der Waals surface area contributed by atoms with Gasteiger partial charge in [-0.2, -0.15) is 17.5 Å². The molecule has 0 aromatic carbocycles. The van der Waals surface area contributed by atoms with Crippen LogP contribution in [0.5, 0.6) is 0 Å². The Hall–Kier alpha value is -3.92. The summed E-state index contributed by atoms with van der Waals surface area (Å²) in [7, 11) is -2.55. The van der Waals surface area contributed by atoms with Crippen molar-refractivity contribution in [1.29, 1.82) is 0 Å². The second-order valence-electron chi connectivity index (χ2n) is 22.0. The van der Waals surface area contributed by atoms with E-state index in [1.165, 1.54) is 103 Å². The molecule has 11 rings (SSSR count). The molecule has 81 heavy (non-hydrogen) atoms. The molecule has 426 valence electrons. The van der Waals surface area contributed by atoms with Gasteiger partial charge < -0.3 is 0 Å². The van der Waals surface area contributed by atoms with Crippen molar-refractivity contribution >= 4 is 132 Å². The van der Waals surface area contributed by atoms with Crippen LogP contribution in [0.25, 0.3) is 93.4 Å². The summed E-state index contributed by atoms with van der Waals surface area (Å²) in [6.07, 6.45) is 22.8. The van der Waals surface area contributed by atoms with E-state index in [-0.39, 0.29) is 23.3 Å². The Morgan fingerprint density at radius 3 is 1.20 bits per heavy atom. The van der Waals surface area contributed by atoms with Crippen LogP contribution in [0.15, 0.2) is 48.8 Å². The van der Waals surface area contributed by atoms with Crippen LogP contribution < -0.4 is 10.4 Å². The zero-order valence-corrected chi connectivity index (χ0v) is 54.4. The van der Waals surface area contributed by atoms with Gasteiger partial charge >= 0.3 is 0 Å². The van der Waals surface area contributed by atoms with E-state index in [1.807, 2.05) is 0 Å². The van der Waals surface area contributed by atoms with Gasteiger partial charge in [-0.15, -0.1) is 68.0 Å². The maximum atomic E-state index is 16.2. The average Bonchev–Trinajstić information content (AvgIpc) is 2.49. The van der Waals surface area contributed by atoms with Gasteiger partial charge in [-0.3, -0.25) is 9.97 Å². The van der Waals surface area contributed by atoms with Crippen LogP contribution in [0.1, 0.15) is 154 Å². The monoisotopic (exact) mass is 1260 g/mol. The van der Waals surface area contributed by atoms with Crippen LogP contribution in [0.3, 0.4) is 0 Å². The van der Waals surface area contributed by atoms with E-state index in [9.17, 15) is 0 Å². The Bertz CT molecular complexity index is 3540. The normalized spacial score (nSPS) is 13.8. The summed E-state index contributed by atoms with van der Waals surface area (Å²) in [6.45, 7) is 13.7. The molecule has 0 saturated carbocycles. The number of fused-ring (bicyclic) bond motifs is 5. The quantitative estimate of drug-likeness (QED) is 0.0276.